The molecule has 0 fully saturated rings. The number of hydrogen-bond donors (Lipinski definition) is 4. The fraction of sp³-hybridized carbons (Fsp3) is 0. The van der Waals surface area contributed by atoms with Crippen LogP contribution in [0.3, 0.4) is 0 Å². The maximum absolute atomic E-state index is 12.1. The number of H-pyrrole nitrogens is 2. The number of carbonyl (C=O) groups is 1. The minimum absolute atomic E-state index is 0.176. The monoisotopic (exact) mass is 390 g/mol. The Hall–Kier alpha value is -2.45. The zero-order chi connectivity index (χ0) is 16.4. The lowest BCUT2D eigenvalue weighted by Crippen LogP contribution is -2.34. The van der Waals surface area contributed by atoms with Crippen LogP contribution in [0.2, 0.25) is 0 Å². The number of aromatic nitrogens is 2. The second-order valence-corrected chi connectivity index (χ2v) is 6.08. The van der Waals surface area contributed by atoms with Crippen LogP contribution in [-0.4, -0.2) is 21.0 Å². The van der Waals surface area contributed by atoms with Crippen LogP contribution in [0.15, 0.2) is 51.7 Å². The first-order valence-electron chi connectivity index (χ1n) is 6.61. The van der Waals surface area contributed by atoms with E-state index >= 15 is 0 Å². The molecule has 2 aromatic carbocycles. The van der Waals surface area contributed by atoms with Gasteiger partial charge in [-0.15, -0.1) is 0 Å². The molecule has 1 aromatic heterocycles. The largest absolute Gasteiger partial charge is 0.332 e. The van der Waals surface area contributed by atoms with E-state index in [0.29, 0.717) is 22.3 Å². The van der Waals surface area contributed by atoms with Crippen molar-refractivity contribution < 1.29 is 4.79 Å². The summed E-state index contributed by atoms with van der Waals surface area (Å²) < 4.78 is 0.892. The zero-order valence-corrected chi connectivity index (χ0v) is 14.0. The molecule has 4 N–H and O–H groups in total. The average molecular weight is 391 g/mol. The van der Waals surface area contributed by atoms with Crippen LogP contribution in [0.1, 0.15) is 10.4 Å². The molecular weight excluding hydrogens is 380 g/mol. The van der Waals surface area contributed by atoms with Crippen molar-refractivity contribution in [2.45, 2.75) is 0 Å². The number of hydrogen-bond acceptors (Lipinski definition) is 3. The van der Waals surface area contributed by atoms with Gasteiger partial charge in [0, 0.05) is 15.7 Å². The maximum atomic E-state index is 12.1. The Morgan fingerprint density at radius 3 is 2.48 bits per heavy atom. The highest BCUT2D eigenvalue weighted by atomic mass is 79.9. The number of imidazole rings is 1. The standard InChI is InChI=1S/C15H11BrN4O2S/c16-9-3-1-8(2-4-9)13(21)20-15(23)17-10-5-6-11-12(7-10)19-14(22)18-11/h1-7H,(H2,18,19,22)(H2,17,20,21,23). The Balaban J connectivity index is 1.69. The van der Waals surface area contributed by atoms with E-state index in [4.69, 9.17) is 12.2 Å². The Morgan fingerprint density at radius 2 is 1.74 bits per heavy atom. The molecule has 0 unspecified atom stereocenters. The lowest BCUT2D eigenvalue weighted by Gasteiger charge is -2.09. The van der Waals surface area contributed by atoms with Gasteiger partial charge in [0.25, 0.3) is 5.91 Å². The SMILES string of the molecule is O=C(NC(=S)Nc1ccc2[nH]c(=O)[nH]c2c1)c1ccc(Br)cc1. The lowest BCUT2D eigenvalue weighted by molar-refractivity contribution is 0.0977. The molecule has 0 aliphatic heterocycles. The Morgan fingerprint density at radius 1 is 1.04 bits per heavy atom. The number of thiocarbonyl (C=S) groups is 1. The molecule has 0 bridgehead atoms. The van der Waals surface area contributed by atoms with Crippen LogP contribution < -0.4 is 16.3 Å². The van der Waals surface area contributed by atoms with Gasteiger partial charge in [-0.2, -0.15) is 0 Å². The summed E-state index contributed by atoms with van der Waals surface area (Å²) in [6, 6.07) is 12.2. The van der Waals surface area contributed by atoms with Crippen LogP contribution in [0, 0.1) is 0 Å². The fourth-order valence-electron chi connectivity index (χ4n) is 2.05. The van der Waals surface area contributed by atoms with Gasteiger partial charge in [-0.25, -0.2) is 4.79 Å². The normalized spacial score (nSPS) is 10.5. The van der Waals surface area contributed by atoms with Crippen LogP contribution in [0.5, 0.6) is 0 Å². The van der Waals surface area contributed by atoms with E-state index < -0.39 is 0 Å². The molecule has 0 atom stereocenters. The predicted octanol–water partition coefficient (Wildman–Crippen LogP) is 2.75. The number of amides is 1. The molecule has 8 heteroatoms. The molecule has 0 spiro atoms. The van der Waals surface area contributed by atoms with Crippen LogP contribution in [-0.2, 0) is 0 Å². The van der Waals surface area contributed by atoms with Gasteiger partial charge < -0.3 is 15.3 Å². The van der Waals surface area contributed by atoms with Crippen molar-refractivity contribution in [2.75, 3.05) is 5.32 Å². The highest BCUT2D eigenvalue weighted by Gasteiger charge is 2.08. The quantitative estimate of drug-likeness (QED) is 0.506. The van der Waals surface area contributed by atoms with Gasteiger partial charge in [0.2, 0.25) is 0 Å². The molecule has 0 aliphatic rings. The van der Waals surface area contributed by atoms with E-state index in [9.17, 15) is 9.59 Å². The second-order valence-electron chi connectivity index (χ2n) is 4.75. The summed E-state index contributed by atoms with van der Waals surface area (Å²) in [7, 11) is 0. The summed E-state index contributed by atoms with van der Waals surface area (Å²) in [4.78, 5) is 28.6. The van der Waals surface area contributed by atoms with Crippen molar-refractivity contribution in [3.8, 4) is 0 Å². The average Bonchev–Trinajstić information content (AvgIpc) is 2.87. The summed E-state index contributed by atoms with van der Waals surface area (Å²) in [5.74, 6) is -0.300. The summed E-state index contributed by atoms with van der Waals surface area (Å²) >= 11 is 8.45. The van der Waals surface area contributed by atoms with Crippen molar-refractivity contribution in [1.82, 2.24) is 15.3 Å². The smallest absolute Gasteiger partial charge is 0.323 e. The van der Waals surface area contributed by atoms with E-state index in [1.54, 1.807) is 42.5 Å². The molecular formula is C15H11BrN4O2S. The molecule has 0 aliphatic carbocycles. The van der Waals surface area contributed by atoms with Crippen molar-refractivity contribution in [3.63, 3.8) is 0 Å². The summed E-state index contributed by atoms with van der Waals surface area (Å²) in [5.41, 5.74) is 2.24. The minimum atomic E-state index is -0.300. The van der Waals surface area contributed by atoms with E-state index in [1.807, 2.05) is 0 Å². The molecule has 3 aromatic rings. The summed E-state index contributed by atoms with van der Waals surface area (Å²) in [6.45, 7) is 0. The second kappa shape index (κ2) is 6.35. The molecule has 0 saturated heterocycles. The molecule has 3 rings (SSSR count). The van der Waals surface area contributed by atoms with E-state index in [-0.39, 0.29) is 16.7 Å². The summed E-state index contributed by atoms with van der Waals surface area (Å²) in [5, 5.41) is 5.69. The van der Waals surface area contributed by atoms with Gasteiger partial charge in [-0.05, 0) is 54.7 Å². The Kier molecular flexibility index (Phi) is 4.26. The Bertz CT molecular complexity index is 946. The molecule has 0 saturated carbocycles. The van der Waals surface area contributed by atoms with Crippen LogP contribution in [0.4, 0.5) is 5.69 Å². The molecule has 23 heavy (non-hydrogen) atoms. The lowest BCUT2D eigenvalue weighted by atomic mass is 10.2. The predicted molar refractivity (Wildman–Crippen MR) is 96.7 cm³/mol. The van der Waals surface area contributed by atoms with Crippen molar-refractivity contribution in [3.05, 3.63) is 63.0 Å². The third-order valence-electron chi connectivity index (χ3n) is 3.11. The molecule has 1 amide bonds. The first kappa shape index (κ1) is 15.4. The zero-order valence-electron chi connectivity index (χ0n) is 11.6. The first-order chi connectivity index (χ1) is 11.0. The first-order valence-corrected chi connectivity index (χ1v) is 7.81. The highest BCUT2D eigenvalue weighted by Crippen LogP contribution is 2.14. The number of rotatable bonds is 2. The van der Waals surface area contributed by atoms with E-state index in [0.717, 1.165) is 4.47 Å². The van der Waals surface area contributed by atoms with Crippen LogP contribution in [0.25, 0.3) is 11.0 Å². The number of halogens is 1. The number of aromatic amines is 2. The minimum Gasteiger partial charge on any atom is -0.332 e. The number of carbonyl (C=O) groups excluding carboxylic acids is 1. The number of nitrogens with one attached hydrogen (secondary N) is 4. The molecule has 116 valence electrons. The molecule has 1 heterocycles. The van der Waals surface area contributed by atoms with Gasteiger partial charge in [-0.3, -0.25) is 10.1 Å². The molecule has 6 nitrogen and oxygen atoms in total. The van der Waals surface area contributed by atoms with Crippen molar-refractivity contribution in [2.24, 2.45) is 0 Å². The van der Waals surface area contributed by atoms with Crippen LogP contribution >= 0.6 is 28.1 Å². The fourth-order valence-corrected chi connectivity index (χ4v) is 2.52. The number of anilines is 1. The van der Waals surface area contributed by atoms with E-state index in [2.05, 4.69) is 36.5 Å². The number of fused-ring (bicyclic) bond motifs is 1. The van der Waals surface area contributed by atoms with Gasteiger partial charge in [0.1, 0.15) is 0 Å². The van der Waals surface area contributed by atoms with Crippen molar-refractivity contribution in [1.29, 1.82) is 0 Å². The molecule has 0 radical (unpaired) electrons. The highest BCUT2D eigenvalue weighted by molar-refractivity contribution is 9.10. The third kappa shape index (κ3) is 3.66. The Labute approximate surface area is 144 Å². The van der Waals surface area contributed by atoms with Crippen molar-refractivity contribution >= 4 is 55.9 Å². The van der Waals surface area contributed by atoms with Gasteiger partial charge in [0.05, 0.1) is 11.0 Å². The maximum Gasteiger partial charge on any atom is 0.323 e. The van der Waals surface area contributed by atoms with Gasteiger partial charge in [-0.1, -0.05) is 15.9 Å². The van der Waals surface area contributed by atoms with Gasteiger partial charge in [0.15, 0.2) is 5.11 Å². The topological polar surface area (TPSA) is 89.8 Å². The number of benzene rings is 2. The van der Waals surface area contributed by atoms with E-state index in [1.165, 1.54) is 0 Å². The summed E-state index contributed by atoms with van der Waals surface area (Å²) in [6.07, 6.45) is 0. The van der Waals surface area contributed by atoms with Gasteiger partial charge >= 0.3 is 5.69 Å². The third-order valence-corrected chi connectivity index (χ3v) is 3.84.